The Hall–Kier alpha value is -2.08. The molecule has 22 heavy (non-hydrogen) atoms. The molecule has 0 bridgehead atoms. The summed E-state index contributed by atoms with van der Waals surface area (Å²) in [5.74, 6) is 0.271. The number of carbonyl (C=O) groups excluding carboxylic acids is 2. The van der Waals surface area contributed by atoms with E-state index >= 15 is 0 Å². The van der Waals surface area contributed by atoms with E-state index in [0.717, 1.165) is 16.7 Å². The first-order chi connectivity index (χ1) is 10.7. The van der Waals surface area contributed by atoms with Crippen LogP contribution >= 0.6 is 11.8 Å². The second kappa shape index (κ2) is 7.79. The van der Waals surface area contributed by atoms with E-state index in [9.17, 15) is 9.59 Å². The van der Waals surface area contributed by atoms with Gasteiger partial charge in [0.25, 0.3) is 5.91 Å². The molecule has 116 valence electrons. The predicted molar refractivity (Wildman–Crippen MR) is 90.1 cm³/mol. The molecule has 0 spiro atoms. The van der Waals surface area contributed by atoms with Gasteiger partial charge in [-0.3, -0.25) is 9.59 Å². The average molecular weight is 317 g/mol. The molecule has 2 N–H and O–H groups in total. The lowest BCUT2D eigenvalue weighted by Gasteiger charge is -2.16. The molecule has 0 radical (unpaired) electrons. The summed E-state index contributed by atoms with van der Waals surface area (Å²) in [6.07, 6.45) is 2.55. The van der Waals surface area contributed by atoms with E-state index < -0.39 is 6.04 Å². The van der Waals surface area contributed by atoms with Gasteiger partial charge in [-0.2, -0.15) is 11.8 Å². The van der Waals surface area contributed by atoms with E-state index in [2.05, 4.69) is 15.6 Å². The van der Waals surface area contributed by atoms with Crippen LogP contribution in [0.1, 0.15) is 16.9 Å². The molecular weight excluding hydrogens is 298 g/mol. The SMILES string of the molecule is CNC(=O)[C@H](CCSC)NC(=O)c1ccc2ccccc2n1. The van der Waals surface area contributed by atoms with Crippen molar-refractivity contribution in [2.24, 2.45) is 0 Å². The fourth-order valence-electron chi connectivity index (χ4n) is 2.10. The Kier molecular flexibility index (Phi) is 5.77. The van der Waals surface area contributed by atoms with E-state index in [1.807, 2.05) is 36.6 Å². The van der Waals surface area contributed by atoms with Crippen LogP contribution in [-0.4, -0.2) is 41.9 Å². The summed E-state index contributed by atoms with van der Waals surface area (Å²) in [7, 11) is 1.56. The average Bonchev–Trinajstić information content (AvgIpc) is 2.57. The van der Waals surface area contributed by atoms with Crippen LogP contribution in [0.15, 0.2) is 36.4 Å². The maximum atomic E-state index is 12.3. The van der Waals surface area contributed by atoms with Crippen molar-refractivity contribution >= 4 is 34.5 Å². The van der Waals surface area contributed by atoms with Crippen LogP contribution in [0, 0.1) is 0 Å². The molecule has 1 aromatic heterocycles. The van der Waals surface area contributed by atoms with Crippen LogP contribution in [0.2, 0.25) is 0 Å². The number of nitrogens with one attached hydrogen (secondary N) is 2. The Balaban J connectivity index is 2.15. The molecule has 0 fully saturated rings. The van der Waals surface area contributed by atoms with Gasteiger partial charge in [0.15, 0.2) is 0 Å². The smallest absolute Gasteiger partial charge is 0.270 e. The second-order valence-corrected chi connectivity index (χ2v) is 5.80. The Morgan fingerprint density at radius 2 is 2.00 bits per heavy atom. The summed E-state index contributed by atoms with van der Waals surface area (Å²) in [6.45, 7) is 0. The molecule has 0 unspecified atom stereocenters. The number of hydrogen-bond donors (Lipinski definition) is 2. The standard InChI is InChI=1S/C16H19N3O2S/c1-17-15(20)14(9-10-22-2)19-16(21)13-8-7-11-5-3-4-6-12(11)18-13/h3-8,14H,9-10H2,1-2H3,(H,17,20)(H,19,21)/t14-/m0/s1. The van der Waals surface area contributed by atoms with Crippen molar-refractivity contribution < 1.29 is 9.59 Å². The zero-order valence-electron chi connectivity index (χ0n) is 12.6. The lowest BCUT2D eigenvalue weighted by molar-refractivity contribution is -0.122. The second-order valence-electron chi connectivity index (χ2n) is 4.81. The molecule has 0 aliphatic heterocycles. The lowest BCUT2D eigenvalue weighted by atomic mass is 10.1. The fraction of sp³-hybridized carbons (Fsp3) is 0.312. The summed E-state index contributed by atoms with van der Waals surface area (Å²) >= 11 is 1.64. The normalized spacial score (nSPS) is 11.9. The maximum Gasteiger partial charge on any atom is 0.270 e. The van der Waals surface area contributed by atoms with Crippen molar-refractivity contribution in [3.8, 4) is 0 Å². The molecular formula is C16H19N3O2S. The van der Waals surface area contributed by atoms with Gasteiger partial charge in [-0.15, -0.1) is 0 Å². The van der Waals surface area contributed by atoms with Gasteiger partial charge < -0.3 is 10.6 Å². The molecule has 1 heterocycles. The van der Waals surface area contributed by atoms with Crippen molar-refractivity contribution in [1.29, 1.82) is 0 Å². The molecule has 6 heteroatoms. The van der Waals surface area contributed by atoms with Gasteiger partial charge in [-0.05, 0) is 30.6 Å². The number of pyridine rings is 1. The van der Waals surface area contributed by atoms with Crippen LogP contribution in [0.25, 0.3) is 10.9 Å². The molecule has 1 atom stereocenters. The quantitative estimate of drug-likeness (QED) is 0.853. The summed E-state index contributed by atoms with van der Waals surface area (Å²) in [5, 5.41) is 6.31. The van der Waals surface area contributed by atoms with Gasteiger partial charge in [0.2, 0.25) is 5.91 Å². The number of carbonyl (C=O) groups is 2. The molecule has 5 nitrogen and oxygen atoms in total. The minimum atomic E-state index is -0.543. The van der Waals surface area contributed by atoms with Crippen molar-refractivity contribution in [1.82, 2.24) is 15.6 Å². The maximum absolute atomic E-state index is 12.3. The highest BCUT2D eigenvalue weighted by Gasteiger charge is 2.20. The van der Waals surface area contributed by atoms with E-state index in [0.29, 0.717) is 12.1 Å². The molecule has 2 aromatic rings. The molecule has 0 saturated carbocycles. The number of para-hydroxylation sites is 1. The van der Waals surface area contributed by atoms with Crippen LogP contribution in [0.4, 0.5) is 0 Å². The third-order valence-corrected chi connectivity index (χ3v) is 3.95. The van der Waals surface area contributed by atoms with Crippen LogP contribution in [0.3, 0.4) is 0 Å². The van der Waals surface area contributed by atoms with Crippen molar-refractivity contribution in [2.45, 2.75) is 12.5 Å². The summed E-state index contributed by atoms with van der Waals surface area (Å²) in [6, 6.07) is 10.6. The Morgan fingerprint density at radius 1 is 1.23 bits per heavy atom. The number of amides is 2. The first-order valence-corrected chi connectivity index (χ1v) is 8.42. The number of thioether (sulfide) groups is 1. The number of aromatic nitrogens is 1. The van der Waals surface area contributed by atoms with Crippen LogP contribution in [-0.2, 0) is 4.79 Å². The monoisotopic (exact) mass is 317 g/mol. The Bertz CT molecular complexity index is 675. The largest absolute Gasteiger partial charge is 0.357 e. The summed E-state index contributed by atoms with van der Waals surface area (Å²) in [5.41, 5.74) is 1.08. The van der Waals surface area contributed by atoms with Crippen LogP contribution in [0.5, 0.6) is 0 Å². The third kappa shape index (κ3) is 3.98. The van der Waals surface area contributed by atoms with Gasteiger partial charge in [0.1, 0.15) is 11.7 Å². The summed E-state index contributed by atoms with van der Waals surface area (Å²) in [4.78, 5) is 28.5. The molecule has 0 saturated heterocycles. The predicted octanol–water partition coefficient (Wildman–Crippen LogP) is 1.83. The van der Waals surface area contributed by atoms with Gasteiger partial charge in [0.05, 0.1) is 5.52 Å². The highest BCUT2D eigenvalue weighted by molar-refractivity contribution is 7.98. The number of fused-ring (bicyclic) bond motifs is 1. The van der Waals surface area contributed by atoms with Crippen molar-refractivity contribution in [3.05, 3.63) is 42.1 Å². The Labute approximate surface area is 133 Å². The van der Waals surface area contributed by atoms with E-state index in [1.54, 1.807) is 24.9 Å². The highest BCUT2D eigenvalue weighted by atomic mass is 32.2. The molecule has 0 aliphatic carbocycles. The number of likely N-dealkylation sites (N-methyl/N-ethyl adjacent to an activating group) is 1. The number of nitrogens with zero attached hydrogens (tertiary/aromatic N) is 1. The van der Waals surface area contributed by atoms with E-state index in [1.165, 1.54) is 0 Å². The van der Waals surface area contributed by atoms with E-state index in [-0.39, 0.29) is 11.8 Å². The minimum absolute atomic E-state index is 0.191. The Morgan fingerprint density at radius 3 is 2.73 bits per heavy atom. The topological polar surface area (TPSA) is 71.1 Å². The molecule has 1 aromatic carbocycles. The zero-order valence-corrected chi connectivity index (χ0v) is 13.4. The van der Waals surface area contributed by atoms with E-state index in [4.69, 9.17) is 0 Å². The van der Waals surface area contributed by atoms with Gasteiger partial charge in [-0.1, -0.05) is 24.3 Å². The molecule has 2 rings (SSSR count). The lowest BCUT2D eigenvalue weighted by Crippen LogP contribution is -2.46. The number of benzene rings is 1. The molecule has 2 amide bonds. The van der Waals surface area contributed by atoms with Crippen LogP contribution < -0.4 is 10.6 Å². The van der Waals surface area contributed by atoms with Crippen molar-refractivity contribution in [3.63, 3.8) is 0 Å². The number of rotatable bonds is 6. The summed E-state index contributed by atoms with van der Waals surface area (Å²) < 4.78 is 0. The van der Waals surface area contributed by atoms with Gasteiger partial charge in [-0.25, -0.2) is 4.98 Å². The first-order valence-electron chi connectivity index (χ1n) is 7.03. The van der Waals surface area contributed by atoms with Gasteiger partial charge >= 0.3 is 0 Å². The molecule has 0 aliphatic rings. The van der Waals surface area contributed by atoms with Crippen molar-refractivity contribution in [2.75, 3.05) is 19.1 Å². The van der Waals surface area contributed by atoms with Gasteiger partial charge in [0, 0.05) is 12.4 Å². The minimum Gasteiger partial charge on any atom is -0.357 e. The zero-order chi connectivity index (χ0) is 15.9. The number of hydrogen-bond acceptors (Lipinski definition) is 4. The first kappa shape index (κ1) is 16.3. The third-order valence-electron chi connectivity index (χ3n) is 3.31. The highest BCUT2D eigenvalue weighted by Crippen LogP contribution is 2.12. The fourth-order valence-corrected chi connectivity index (χ4v) is 2.57.